The van der Waals surface area contributed by atoms with Gasteiger partial charge in [-0.3, -0.25) is 14.8 Å². The van der Waals surface area contributed by atoms with Crippen LogP contribution in [0, 0.1) is 5.92 Å². The summed E-state index contributed by atoms with van der Waals surface area (Å²) >= 11 is 0. The minimum atomic E-state index is -0.506. The maximum Gasteiger partial charge on any atom is 0.267 e. The van der Waals surface area contributed by atoms with Crippen LogP contribution in [-0.2, 0) is 0 Å². The highest BCUT2D eigenvalue weighted by atomic mass is 16.5. The lowest BCUT2D eigenvalue weighted by Crippen LogP contribution is -2.49. The van der Waals surface area contributed by atoms with Gasteiger partial charge in [-0.15, -0.1) is 0 Å². The predicted octanol–water partition coefficient (Wildman–Crippen LogP) is 1.09. The van der Waals surface area contributed by atoms with E-state index < -0.39 is 5.91 Å². The molecule has 0 aromatic carbocycles. The molecule has 0 radical (unpaired) electrons. The molecule has 3 heterocycles. The van der Waals surface area contributed by atoms with E-state index in [0.717, 1.165) is 24.5 Å². The van der Waals surface area contributed by atoms with Crippen molar-refractivity contribution in [2.45, 2.75) is 0 Å². The minimum Gasteiger partial charge on any atom is -0.492 e. The number of ether oxygens (including phenoxy) is 1. The Morgan fingerprint density at radius 2 is 2.24 bits per heavy atom. The fraction of sp³-hybridized carbons (Fsp3) is 0.267. The lowest BCUT2D eigenvalue weighted by molar-refractivity contribution is 0.0995. The Balaban J connectivity index is 1.51. The summed E-state index contributed by atoms with van der Waals surface area (Å²) in [4.78, 5) is 21.2. The summed E-state index contributed by atoms with van der Waals surface area (Å²) in [5.41, 5.74) is 6.50. The first-order valence-electron chi connectivity index (χ1n) is 6.76. The number of nitrogens with two attached hydrogens (primary N) is 1. The molecule has 0 saturated carbocycles. The number of carbonyl (C=O) groups is 1. The van der Waals surface area contributed by atoms with Gasteiger partial charge in [-0.1, -0.05) is 0 Å². The van der Waals surface area contributed by atoms with Crippen molar-refractivity contribution >= 4 is 11.6 Å². The molecular weight excluding hydrogens is 268 g/mol. The molecule has 3 rings (SSSR count). The monoisotopic (exact) mass is 284 g/mol. The first-order valence-corrected chi connectivity index (χ1v) is 6.76. The Bertz CT molecular complexity index is 627. The van der Waals surface area contributed by atoms with Crippen molar-refractivity contribution in [2.75, 3.05) is 24.6 Å². The van der Waals surface area contributed by atoms with Gasteiger partial charge in [0.1, 0.15) is 11.4 Å². The van der Waals surface area contributed by atoms with Crippen molar-refractivity contribution in [3.63, 3.8) is 0 Å². The topological polar surface area (TPSA) is 81.3 Å². The summed E-state index contributed by atoms with van der Waals surface area (Å²) < 4.78 is 5.68. The molecule has 2 N–H and O–H groups in total. The molecule has 0 spiro atoms. The quantitative estimate of drug-likeness (QED) is 0.889. The van der Waals surface area contributed by atoms with Gasteiger partial charge in [0, 0.05) is 37.1 Å². The van der Waals surface area contributed by atoms with Crippen molar-refractivity contribution in [1.29, 1.82) is 0 Å². The van der Waals surface area contributed by atoms with Crippen molar-refractivity contribution < 1.29 is 9.53 Å². The first-order chi connectivity index (χ1) is 10.2. The standard InChI is InChI=1S/C15H16N4O2/c16-15(20)14-6-12(3-5-18-14)19-8-11(9-19)10-21-13-2-1-4-17-7-13/h1-7,11H,8-10H2,(H2,16,20). The summed E-state index contributed by atoms with van der Waals surface area (Å²) in [6.07, 6.45) is 5.03. The average Bonchev–Trinajstić information content (AvgIpc) is 2.47. The van der Waals surface area contributed by atoms with E-state index in [1.165, 1.54) is 0 Å². The van der Waals surface area contributed by atoms with Gasteiger partial charge in [-0.05, 0) is 24.3 Å². The van der Waals surface area contributed by atoms with Crippen LogP contribution in [0.15, 0.2) is 42.9 Å². The highest BCUT2D eigenvalue weighted by Gasteiger charge is 2.27. The zero-order valence-corrected chi connectivity index (χ0v) is 11.5. The van der Waals surface area contributed by atoms with E-state index in [-0.39, 0.29) is 0 Å². The number of anilines is 1. The lowest BCUT2D eigenvalue weighted by Gasteiger charge is -2.40. The number of hydrogen-bond donors (Lipinski definition) is 1. The summed E-state index contributed by atoms with van der Waals surface area (Å²) in [5, 5.41) is 0. The third-order valence-corrected chi connectivity index (χ3v) is 3.44. The summed E-state index contributed by atoms with van der Waals surface area (Å²) in [7, 11) is 0. The predicted molar refractivity (Wildman–Crippen MR) is 78.2 cm³/mol. The third kappa shape index (κ3) is 3.10. The molecule has 1 aliphatic rings. The molecule has 1 amide bonds. The minimum absolute atomic E-state index is 0.294. The van der Waals surface area contributed by atoms with Gasteiger partial charge in [0.05, 0.1) is 12.8 Å². The van der Waals surface area contributed by atoms with Crippen molar-refractivity contribution in [3.8, 4) is 5.75 Å². The number of pyridine rings is 2. The first kappa shape index (κ1) is 13.4. The second kappa shape index (κ2) is 5.78. The van der Waals surface area contributed by atoms with Crippen LogP contribution in [0.25, 0.3) is 0 Å². The molecule has 0 unspecified atom stereocenters. The molecule has 21 heavy (non-hydrogen) atoms. The normalized spacial score (nSPS) is 14.6. The van der Waals surface area contributed by atoms with Gasteiger partial charge in [0.25, 0.3) is 5.91 Å². The molecule has 0 atom stereocenters. The second-order valence-corrected chi connectivity index (χ2v) is 5.03. The zero-order valence-electron chi connectivity index (χ0n) is 11.5. The SMILES string of the molecule is NC(=O)c1cc(N2CC(COc3cccnc3)C2)ccn1. The molecule has 0 bridgehead atoms. The highest BCUT2D eigenvalue weighted by molar-refractivity contribution is 5.91. The van der Waals surface area contributed by atoms with Crippen LogP contribution in [0.3, 0.4) is 0 Å². The maximum absolute atomic E-state index is 11.1. The van der Waals surface area contributed by atoms with Crippen LogP contribution in [0.5, 0.6) is 5.75 Å². The molecule has 2 aromatic heterocycles. The number of primary amides is 1. The van der Waals surface area contributed by atoms with E-state index in [4.69, 9.17) is 10.5 Å². The summed E-state index contributed by atoms with van der Waals surface area (Å²) in [6, 6.07) is 7.35. The fourth-order valence-corrected chi connectivity index (χ4v) is 2.28. The number of hydrogen-bond acceptors (Lipinski definition) is 5. The van der Waals surface area contributed by atoms with Crippen LogP contribution in [0.4, 0.5) is 5.69 Å². The Morgan fingerprint density at radius 3 is 2.95 bits per heavy atom. The Hall–Kier alpha value is -2.63. The molecule has 0 aliphatic carbocycles. The smallest absolute Gasteiger partial charge is 0.267 e. The molecule has 1 aliphatic heterocycles. The van der Waals surface area contributed by atoms with Gasteiger partial charge < -0.3 is 15.4 Å². The molecule has 2 aromatic rings. The van der Waals surface area contributed by atoms with E-state index in [9.17, 15) is 4.79 Å². The third-order valence-electron chi connectivity index (χ3n) is 3.44. The molecule has 1 saturated heterocycles. The number of carbonyl (C=O) groups excluding carboxylic acids is 1. The van der Waals surface area contributed by atoms with Gasteiger partial charge in [0.2, 0.25) is 0 Å². The van der Waals surface area contributed by atoms with Crippen molar-refractivity contribution in [3.05, 3.63) is 48.5 Å². The van der Waals surface area contributed by atoms with E-state index >= 15 is 0 Å². The van der Waals surface area contributed by atoms with Crippen LogP contribution >= 0.6 is 0 Å². The number of aromatic nitrogens is 2. The van der Waals surface area contributed by atoms with Crippen LogP contribution in [-0.4, -0.2) is 35.6 Å². The van der Waals surface area contributed by atoms with Crippen LogP contribution in [0.1, 0.15) is 10.5 Å². The van der Waals surface area contributed by atoms with Gasteiger partial charge in [-0.25, -0.2) is 0 Å². The van der Waals surface area contributed by atoms with Crippen molar-refractivity contribution in [1.82, 2.24) is 9.97 Å². The number of rotatable bonds is 5. The van der Waals surface area contributed by atoms with Crippen LogP contribution in [0.2, 0.25) is 0 Å². The van der Waals surface area contributed by atoms with E-state index in [2.05, 4.69) is 14.9 Å². The summed E-state index contributed by atoms with van der Waals surface area (Å²) in [5.74, 6) is 0.750. The molecule has 6 heteroatoms. The van der Waals surface area contributed by atoms with Crippen LogP contribution < -0.4 is 15.4 Å². The zero-order chi connectivity index (χ0) is 14.7. The maximum atomic E-state index is 11.1. The summed E-state index contributed by atoms with van der Waals surface area (Å²) in [6.45, 7) is 2.45. The van der Waals surface area contributed by atoms with E-state index in [0.29, 0.717) is 18.2 Å². The number of nitrogens with zero attached hydrogens (tertiary/aromatic N) is 3. The van der Waals surface area contributed by atoms with Crippen molar-refractivity contribution in [2.24, 2.45) is 11.7 Å². The van der Waals surface area contributed by atoms with E-state index in [1.807, 2.05) is 18.2 Å². The Kier molecular flexibility index (Phi) is 3.68. The molecule has 108 valence electrons. The van der Waals surface area contributed by atoms with E-state index in [1.54, 1.807) is 24.7 Å². The van der Waals surface area contributed by atoms with Gasteiger partial charge >= 0.3 is 0 Å². The average molecular weight is 284 g/mol. The fourth-order valence-electron chi connectivity index (χ4n) is 2.28. The number of amides is 1. The molecular formula is C15H16N4O2. The Labute approximate surface area is 122 Å². The Morgan fingerprint density at radius 1 is 1.38 bits per heavy atom. The second-order valence-electron chi connectivity index (χ2n) is 5.03. The lowest BCUT2D eigenvalue weighted by atomic mass is 10.0. The van der Waals surface area contributed by atoms with Gasteiger partial charge in [-0.2, -0.15) is 0 Å². The highest BCUT2D eigenvalue weighted by Crippen LogP contribution is 2.25. The van der Waals surface area contributed by atoms with Gasteiger partial charge in [0.15, 0.2) is 0 Å². The largest absolute Gasteiger partial charge is 0.492 e. The molecule has 6 nitrogen and oxygen atoms in total. The molecule has 1 fully saturated rings.